The van der Waals surface area contributed by atoms with Crippen molar-refractivity contribution in [1.82, 2.24) is 9.38 Å². The van der Waals surface area contributed by atoms with Crippen LogP contribution in [0.1, 0.15) is 25.1 Å². The molecule has 1 N–H and O–H groups in total. The Morgan fingerprint density at radius 2 is 2.40 bits per heavy atom. The molecule has 0 saturated heterocycles. The second-order valence-corrected chi connectivity index (χ2v) is 6.94. The summed E-state index contributed by atoms with van der Waals surface area (Å²) >= 11 is 1.55. The topological polar surface area (TPSA) is 64.9 Å². The maximum absolute atomic E-state index is 12.4. The van der Waals surface area contributed by atoms with Crippen molar-refractivity contribution in [1.29, 1.82) is 0 Å². The number of ether oxygens (including phenoxy) is 2. The number of thiazole rings is 1. The maximum Gasteiger partial charge on any atom is 0.230 e. The highest BCUT2D eigenvalue weighted by molar-refractivity contribution is 7.15. The van der Waals surface area contributed by atoms with Crippen molar-refractivity contribution in [2.45, 2.75) is 32.8 Å². The van der Waals surface area contributed by atoms with Gasteiger partial charge in [-0.1, -0.05) is 0 Å². The number of imidazole rings is 1. The van der Waals surface area contributed by atoms with E-state index in [0.29, 0.717) is 18.0 Å². The molecular formula is C18H19N3O3S. The molecule has 0 saturated carbocycles. The van der Waals surface area contributed by atoms with Crippen molar-refractivity contribution in [3.63, 3.8) is 0 Å². The molecule has 0 radical (unpaired) electrons. The molecule has 0 bridgehead atoms. The van der Waals surface area contributed by atoms with Crippen LogP contribution in [0.15, 0.2) is 29.9 Å². The number of carbonyl (C=O) groups is 1. The monoisotopic (exact) mass is 357 g/mol. The minimum absolute atomic E-state index is 0.127. The molecule has 130 valence electrons. The summed E-state index contributed by atoms with van der Waals surface area (Å²) in [5.41, 5.74) is 2.50. The third-order valence-corrected chi connectivity index (χ3v) is 4.83. The van der Waals surface area contributed by atoms with Crippen LogP contribution in [0.4, 0.5) is 5.69 Å². The first-order valence-corrected chi connectivity index (χ1v) is 9.17. The van der Waals surface area contributed by atoms with Gasteiger partial charge in [0.2, 0.25) is 5.91 Å². The van der Waals surface area contributed by atoms with Crippen molar-refractivity contribution < 1.29 is 14.3 Å². The summed E-state index contributed by atoms with van der Waals surface area (Å²) < 4.78 is 13.4. The standard InChI is InChI=1S/C18H19N3O3S/c1-3-23-16-7-12-6-11(2)24-15(12)9-14(16)20-17(22)8-13-10-21-4-5-25-18(21)19-13/h4-5,7,9-11H,3,6,8H2,1-2H3,(H,20,22)/t11-/m1/s1. The Balaban J connectivity index is 1.53. The zero-order valence-electron chi connectivity index (χ0n) is 14.1. The first-order chi connectivity index (χ1) is 12.1. The zero-order valence-corrected chi connectivity index (χ0v) is 14.9. The van der Waals surface area contributed by atoms with Crippen molar-refractivity contribution in [3.05, 3.63) is 41.2 Å². The van der Waals surface area contributed by atoms with Gasteiger partial charge in [-0.25, -0.2) is 4.98 Å². The third kappa shape index (κ3) is 3.19. The predicted molar refractivity (Wildman–Crippen MR) is 96.8 cm³/mol. The number of nitrogens with one attached hydrogen (secondary N) is 1. The Hall–Kier alpha value is -2.54. The van der Waals surface area contributed by atoms with Crippen LogP contribution in [0, 0.1) is 0 Å². The number of hydrogen-bond acceptors (Lipinski definition) is 5. The van der Waals surface area contributed by atoms with Gasteiger partial charge >= 0.3 is 0 Å². The second-order valence-electron chi connectivity index (χ2n) is 6.07. The number of rotatable bonds is 5. The van der Waals surface area contributed by atoms with Gasteiger partial charge in [-0.3, -0.25) is 9.20 Å². The van der Waals surface area contributed by atoms with Crippen LogP contribution in [-0.2, 0) is 17.6 Å². The normalized spacial score (nSPS) is 15.8. The molecule has 7 heteroatoms. The van der Waals surface area contributed by atoms with E-state index in [9.17, 15) is 4.79 Å². The quantitative estimate of drug-likeness (QED) is 0.761. The summed E-state index contributed by atoms with van der Waals surface area (Å²) in [7, 11) is 0. The van der Waals surface area contributed by atoms with Crippen LogP contribution >= 0.6 is 11.3 Å². The Morgan fingerprint density at radius 1 is 1.52 bits per heavy atom. The van der Waals surface area contributed by atoms with Crippen molar-refractivity contribution in [2.24, 2.45) is 0 Å². The summed E-state index contributed by atoms with van der Waals surface area (Å²) in [6, 6.07) is 3.82. The average Bonchev–Trinajstić information content (AvgIpc) is 3.21. The Morgan fingerprint density at radius 3 is 3.20 bits per heavy atom. The molecule has 25 heavy (non-hydrogen) atoms. The SMILES string of the molecule is CCOc1cc2c(cc1NC(=O)Cc1cn3ccsc3n1)O[C@H](C)C2. The predicted octanol–water partition coefficient (Wildman–Crippen LogP) is 3.30. The number of aromatic nitrogens is 2. The number of anilines is 1. The molecule has 0 unspecified atom stereocenters. The van der Waals surface area contributed by atoms with Crippen molar-refractivity contribution >= 4 is 27.9 Å². The van der Waals surface area contributed by atoms with Gasteiger partial charge in [0.25, 0.3) is 0 Å². The fraction of sp³-hybridized carbons (Fsp3) is 0.333. The van der Waals surface area contributed by atoms with E-state index in [1.165, 1.54) is 0 Å². The summed E-state index contributed by atoms with van der Waals surface area (Å²) in [5, 5.41) is 4.90. The van der Waals surface area contributed by atoms with Crippen LogP contribution < -0.4 is 14.8 Å². The molecule has 4 rings (SSSR count). The highest BCUT2D eigenvalue weighted by atomic mass is 32.1. The van der Waals surface area contributed by atoms with Gasteiger partial charge in [-0.05, 0) is 19.9 Å². The van der Waals surface area contributed by atoms with Crippen molar-refractivity contribution in [2.75, 3.05) is 11.9 Å². The fourth-order valence-electron chi connectivity index (χ4n) is 3.03. The van der Waals surface area contributed by atoms with E-state index >= 15 is 0 Å². The smallest absolute Gasteiger partial charge is 0.230 e. The fourth-order valence-corrected chi connectivity index (χ4v) is 3.75. The molecule has 0 spiro atoms. The summed E-state index contributed by atoms with van der Waals surface area (Å²) in [4.78, 5) is 17.8. The molecule has 1 atom stereocenters. The highest BCUT2D eigenvalue weighted by Gasteiger charge is 2.22. The van der Waals surface area contributed by atoms with Gasteiger partial charge in [-0.15, -0.1) is 11.3 Å². The van der Waals surface area contributed by atoms with Crippen molar-refractivity contribution in [3.8, 4) is 11.5 Å². The van der Waals surface area contributed by atoms with Crippen LogP contribution in [0.25, 0.3) is 4.96 Å². The lowest BCUT2D eigenvalue weighted by Crippen LogP contribution is -2.15. The van der Waals surface area contributed by atoms with E-state index in [2.05, 4.69) is 10.3 Å². The van der Waals surface area contributed by atoms with E-state index < -0.39 is 0 Å². The molecule has 3 aromatic rings. The molecule has 1 amide bonds. The summed E-state index contributed by atoms with van der Waals surface area (Å²) in [6.45, 7) is 4.49. The van der Waals surface area contributed by atoms with Gasteiger partial charge in [-0.2, -0.15) is 0 Å². The zero-order chi connectivity index (χ0) is 17.4. The van der Waals surface area contributed by atoms with Crippen LogP contribution in [0.5, 0.6) is 11.5 Å². The molecule has 1 aliphatic rings. The molecule has 2 aromatic heterocycles. The lowest BCUT2D eigenvalue weighted by Gasteiger charge is -2.13. The molecule has 3 heterocycles. The van der Waals surface area contributed by atoms with E-state index in [4.69, 9.17) is 9.47 Å². The Labute approximate surface area is 149 Å². The van der Waals surface area contributed by atoms with E-state index in [1.54, 1.807) is 11.3 Å². The molecule has 0 fully saturated rings. The molecule has 6 nitrogen and oxygen atoms in total. The molecule has 0 aliphatic carbocycles. The second kappa shape index (κ2) is 6.40. The number of benzene rings is 1. The van der Waals surface area contributed by atoms with E-state index in [0.717, 1.165) is 28.4 Å². The summed E-state index contributed by atoms with van der Waals surface area (Å²) in [6.07, 6.45) is 5.03. The molecule has 1 aromatic carbocycles. The van der Waals surface area contributed by atoms with Gasteiger partial charge in [0, 0.05) is 35.8 Å². The Kier molecular flexibility index (Phi) is 4.09. The first-order valence-electron chi connectivity index (χ1n) is 8.29. The van der Waals surface area contributed by atoms with Gasteiger partial charge in [0.1, 0.15) is 17.6 Å². The Bertz CT molecular complexity index is 902. The van der Waals surface area contributed by atoms with E-state index in [1.807, 2.05) is 48.2 Å². The highest BCUT2D eigenvalue weighted by Crippen LogP contribution is 2.38. The maximum atomic E-state index is 12.4. The summed E-state index contributed by atoms with van der Waals surface area (Å²) in [5.74, 6) is 1.37. The minimum atomic E-state index is -0.127. The lowest BCUT2D eigenvalue weighted by atomic mass is 10.1. The molecule has 1 aliphatic heterocycles. The average molecular weight is 357 g/mol. The minimum Gasteiger partial charge on any atom is -0.492 e. The van der Waals surface area contributed by atoms with Crippen LogP contribution in [0.2, 0.25) is 0 Å². The number of hydrogen-bond donors (Lipinski definition) is 1. The number of fused-ring (bicyclic) bond motifs is 2. The number of nitrogens with zero attached hydrogens (tertiary/aromatic N) is 2. The van der Waals surface area contributed by atoms with Gasteiger partial charge in [0.15, 0.2) is 4.96 Å². The van der Waals surface area contributed by atoms with Crippen LogP contribution in [-0.4, -0.2) is 28.0 Å². The largest absolute Gasteiger partial charge is 0.492 e. The van der Waals surface area contributed by atoms with Gasteiger partial charge in [0.05, 0.1) is 24.4 Å². The first kappa shape index (κ1) is 16.0. The lowest BCUT2D eigenvalue weighted by molar-refractivity contribution is -0.115. The molecular weight excluding hydrogens is 338 g/mol. The third-order valence-electron chi connectivity index (χ3n) is 4.06. The van der Waals surface area contributed by atoms with E-state index in [-0.39, 0.29) is 18.4 Å². The van der Waals surface area contributed by atoms with Gasteiger partial charge < -0.3 is 14.8 Å². The number of amides is 1. The van der Waals surface area contributed by atoms with Crippen LogP contribution in [0.3, 0.4) is 0 Å². The number of carbonyl (C=O) groups excluding carboxylic acids is 1.